The number of epoxide rings is 1. The van der Waals surface area contributed by atoms with Crippen molar-refractivity contribution in [1.82, 2.24) is 14.4 Å². The molecule has 37 heavy (non-hydrogen) atoms. The number of pyridine rings is 2. The Morgan fingerprint density at radius 1 is 1.03 bits per heavy atom. The quantitative estimate of drug-likeness (QED) is 0.318. The number of benzene rings is 2. The molecule has 5 aromatic rings. The Hall–Kier alpha value is -4.12. The van der Waals surface area contributed by atoms with E-state index in [1.54, 1.807) is 43.6 Å². The average Bonchev–Trinajstić information content (AvgIpc) is 3.51. The topological polar surface area (TPSA) is 115 Å². The largest absolute Gasteiger partial charge is 0.358 e. The van der Waals surface area contributed by atoms with Crippen molar-refractivity contribution in [2.75, 3.05) is 5.32 Å². The molecule has 1 aliphatic heterocycles. The summed E-state index contributed by atoms with van der Waals surface area (Å²) in [6.07, 6.45) is 4.97. The van der Waals surface area contributed by atoms with Gasteiger partial charge in [-0.25, -0.2) is 22.9 Å². The van der Waals surface area contributed by atoms with Gasteiger partial charge in [-0.05, 0) is 73.2 Å². The molecule has 0 radical (unpaired) electrons. The number of aryl methyl sites for hydroxylation is 1. The van der Waals surface area contributed by atoms with Crippen LogP contribution in [-0.4, -0.2) is 29.0 Å². The molecule has 0 bridgehead atoms. The number of hydrogen-bond donors (Lipinski definition) is 2. The van der Waals surface area contributed by atoms with Gasteiger partial charge in [0.05, 0.1) is 22.5 Å². The lowest BCUT2D eigenvalue weighted by Crippen LogP contribution is -2.12. The van der Waals surface area contributed by atoms with Gasteiger partial charge in [-0.3, -0.25) is 4.98 Å². The molecule has 1 fully saturated rings. The van der Waals surface area contributed by atoms with Crippen LogP contribution in [-0.2, 0) is 14.8 Å². The first kappa shape index (κ1) is 23.3. The van der Waals surface area contributed by atoms with Crippen LogP contribution in [0.15, 0.2) is 90.2 Å². The van der Waals surface area contributed by atoms with Gasteiger partial charge >= 0.3 is 0 Å². The summed E-state index contributed by atoms with van der Waals surface area (Å²) in [6, 6.07) is 19.0. The number of nitrogens with two attached hydrogens (primary N) is 1. The molecule has 6 rings (SSSR count). The zero-order valence-electron chi connectivity index (χ0n) is 19.7. The summed E-state index contributed by atoms with van der Waals surface area (Å²) in [5.74, 6) is -0.251. The second-order valence-corrected chi connectivity index (χ2v) is 10.4. The molecule has 8 nitrogen and oxygen atoms in total. The molecule has 10 heteroatoms. The van der Waals surface area contributed by atoms with Gasteiger partial charge in [-0.1, -0.05) is 6.07 Å². The van der Waals surface area contributed by atoms with Crippen molar-refractivity contribution in [3.8, 4) is 22.4 Å². The number of sulfonamides is 1. The molecule has 2 atom stereocenters. The number of nitrogens with one attached hydrogen (secondary N) is 1. The van der Waals surface area contributed by atoms with E-state index < -0.39 is 10.0 Å². The van der Waals surface area contributed by atoms with Crippen LogP contribution in [0.5, 0.6) is 0 Å². The lowest BCUT2D eigenvalue weighted by molar-refractivity contribution is 0.382. The zero-order chi connectivity index (χ0) is 25.7. The van der Waals surface area contributed by atoms with E-state index in [2.05, 4.69) is 15.3 Å². The van der Waals surface area contributed by atoms with E-state index in [0.29, 0.717) is 11.3 Å². The predicted octanol–water partition coefficient (Wildman–Crippen LogP) is 4.67. The van der Waals surface area contributed by atoms with Crippen LogP contribution in [0.2, 0.25) is 0 Å². The number of fused-ring (bicyclic) bond motifs is 1. The fraction of sp³-hybridized carbons (Fsp3) is 0.111. The molecule has 0 aliphatic carbocycles. The number of imidazole rings is 1. The Balaban J connectivity index is 1.29. The number of ether oxygens (including phenoxy) is 1. The molecule has 1 aliphatic rings. The smallest absolute Gasteiger partial charge is 0.238 e. The van der Waals surface area contributed by atoms with Crippen molar-refractivity contribution in [3.05, 3.63) is 102 Å². The lowest BCUT2D eigenvalue weighted by atomic mass is 9.99. The van der Waals surface area contributed by atoms with Crippen molar-refractivity contribution in [3.63, 3.8) is 0 Å². The van der Waals surface area contributed by atoms with Gasteiger partial charge in [0.15, 0.2) is 6.23 Å². The zero-order valence-corrected chi connectivity index (χ0v) is 20.5. The highest BCUT2D eigenvalue weighted by Crippen LogP contribution is 2.40. The maximum Gasteiger partial charge on any atom is 0.238 e. The van der Waals surface area contributed by atoms with Crippen LogP contribution in [0.3, 0.4) is 0 Å². The minimum absolute atomic E-state index is 0.0474. The third kappa shape index (κ3) is 4.46. The van der Waals surface area contributed by atoms with Crippen LogP contribution in [0.1, 0.15) is 17.4 Å². The van der Waals surface area contributed by atoms with Gasteiger partial charge in [0.1, 0.15) is 17.6 Å². The summed E-state index contributed by atoms with van der Waals surface area (Å²) in [5.41, 5.74) is 6.36. The van der Waals surface area contributed by atoms with Gasteiger partial charge in [0, 0.05) is 34.8 Å². The summed E-state index contributed by atoms with van der Waals surface area (Å²) in [4.78, 5) is 9.15. The minimum atomic E-state index is -3.75. The first-order valence-electron chi connectivity index (χ1n) is 11.5. The predicted molar refractivity (Wildman–Crippen MR) is 138 cm³/mol. The maximum absolute atomic E-state index is 13.9. The monoisotopic (exact) mass is 515 g/mol. The highest BCUT2D eigenvalue weighted by Gasteiger charge is 2.42. The molecule has 4 heterocycles. The van der Waals surface area contributed by atoms with Crippen molar-refractivity contribution >= 4 is 21.4 Å². The summed E-state index contributed by atoms with van der Waals surface area (Å²) >= 11 is 0. The van der Waals surface area contributed by atoms with Gasteiger partial charge in [-0.15, -0.1) is 0 Å². The molecular weight excluding hydrogens is 493 g/mol. The molecule has 2 aromatic carbocycles. The number of aromatic nitrogens is 3. The number of primary sulfonamides is 1. The summed E-state index contributed by atoms with van der Waals surface area (Å²) < 4.78 is 44.7. The van der Waals surface area contributed by atoms with Gasteiger partial charge in [0.25, 0.3) is 0 Å². The first-order valence-corrected chi connectivity index (χ1v) is 13.1. The number of hydrogen-bond acceptors (Lipinski definition) is 6. The Morgan fingerprint density at radius 2 is 1.81 bits per heavy atom. The third-order valence-corrected chi connectivity index (χ3v) is 7.29. The van der Waals surface area contributed by atoms with Crippen LogP contribution in [0, 0.1) is 12.7 Å². The highest BCUT2D eigenvalue weighted by atomic mass is 32.2. The number of halogens is 1. The fourth-order valence-electron chi connectivity index (χ4n) is 4.38. The molecule has 0 spiro atoms. The molecule has 1 saturated heterocycles. The SMILES string of the molecule is Cc1cc(-c2ncccc2-c2ccc3ncc(C4OC4Nc4ccc(S(N)(=O)=O)cc4)n3c2)ccc1F. The molecule has 3 aromatic heterocycles. The van der Waals surface area contributed by atoms with E-state index >= 15 is 0 Å². The van der Waals surface area contributed by atoms with E-state index in [4.69, 9.17) is 9.88 Å². The third-order valence-electron chi connectivity index (χ3n) is 6.36. The Labute approximate surface area is 212 Å². The van der Waals surface area contributed by atoms with E-state index in [1.165, 1.54) is 18.2 Å². The summed E-state index contributed by atoms with van der Waals surface area (Å²) in [7, 11) is -3.75. The van der Waals surface area contributed by atoms with Crippen LogP contribution >= 0.6 is 0 Å². The molecule has 2 unspecified atom stereocenters. The number of rotatable bonds is 6. The molecular formula is C27H22FN5O3S. The van der Waals surface area contributed by atoms with Gasteiger partial charge in [0.2, 0.25) is 10.0 Å². The second kappa shape index (κ2) is 8.77. The van der Waals surface area contributed by atoms with Crippen LogP contribution in [0.4, 0.5) is 10.1 Å². The fourth-order valence-corrected chi connectivity index (χ4v) is 4.90. The standard InChI is InChI=1S/C27H22FN5O3S/c1-16-13-17(4-10-22(16)28)25-21(3-2-12-30-25)18-5-11-24-31-14-23(33(24)15-18)26-27(36-26)32-19-6-8-20(9-7-19)37(29,34)35/h2-15,26-27,32H,1H3,(H2,29,34,35). The van der Waals surface area contributed by atoms with E-state index in [0.717, 1.165) is 33.7 Å². The maximum atomic E-state index is 13.9. The van der Waals surface area contributed by atoms with Crippen LogP contribution < -0.4 is 10.5 Å². The van der Waals surface area contributed by atoms with Crippen molar-refractivity contribution in [1.29, 1.82) is 0 Å². The molecule has 186 valence electrons. The molecule has 0 saturated carbocycles. The number of anilines is 1. The van der Waals surface area contributed by atoms with Crippen LogP contribution in [0.25, 0.3) is 28.0 Å². The van der Waals surface area contributed by atoms with Crippen molar-refractivity contribution in [2.24, 2.45) is 5.14 Å². The van der Waals surface area contributed by atoms with Gasteiger partial charge < -0.3 is 14.5 Å². The van der Waals surface area contributed by atoms with E-state index in [9.17, 15) is 12.8 Å². The van der Waals surface area contributed by atoms with Crippen molar-refractivity contribution < 1.29 is 17.5 Å². The number of nitrogens with zero attached hydrogens (tertiary/aromatic N) is 3. The average molecular weight is 516 g/mol. The minimum Gasteiger partial charge on any atom is -0.358 e. The normalized spacial score (nSPS) is 17.2. The molecule has 0 amide bonds. The lowest BCUT2D eigenvalue weighted by Gasteiger charge is -2.11. The second-order valence-electron chi connectivity index (χ2n) is 8.88. The molecule has 3 N–H and O–H groups in total. The highest BCUT2D eigenvalue weighted by molar-refractivity contribution is 7.89. The Morgan fingerprint density at radius 3 is 2.57 bits per heavy atom. The van der Waals surface area contributed by atoms with Gasteiger partial charge in [-0.2, -0.15) is 0 Å². The van der Waals surface area contributed by atoms with E-state index in [1.807, 2.05) is 34.9 Å². The Bertz CT molecular complexity index is 1750. The Kier molecular flexibility index (Phi) is 5.52. The first-order chi connectivity index (χ1) is 17.8. The van der Waals surface area contributed by atoms with E-state index in [-0.39, 0.29) is 23.0 Å². The summed E-state index contributed by atoms with van der Waals surface area (Å²) in [5, 5.41) is 8.41. The van der Waals surface area contributed by atoms with Crippen molar-refractivity contribution in [2.45, 2.75) is 24.2 Å². The summed E-state index contributed by atoms with van der Waals surface area (Å²) in [6.45, 7) is 1.74.